The van der Waals surface area contributed by atoms with Crippen LogP contribution >= 0.6 is 0 Å². The molecule has 7 nitrogen and oxygen atoms in total. The number of aryl methyl sites for hydroxylation is 1. The molecule has 0 unspecified atom stereocenters. The molecule has 1 aliphatic heterocycles. The quantitative estimate of drug-likeness (QED) is 0.328. The van der Waals surface area contributed by atoms with Gasteiger partial charge in [0.25, 0.3) is 0 Å². The number of aromatic nitrogens is 3. The van der Waals surface area contributed by atoms with E-state index in [2.05, 4.69) is 27.8 Å². The molecule has 2 aromatic heterocycles. The molecule has 5 N–H and O–H groups in total. The first-order valence-corrected chi connectivity index (χ1v) is 9.98. The lowest BCUT2D eigenvalue weighted by atomic mass is 9.79. The van der Waals surface area contributed by atoms with Gasteiger partial charge in [-0.05, 0) is 12.5 Å². The van der Waals surface area contributed by atoms with Gasteiger partial charge in [0, 0.05) is 52.8 Å². The Balaban J connectivity index is 1.60. The highest BCUT2D eigenvalue weighted by Gasteiger charge is 2.24. The molecule has 5 rings (SSSR count). The van der Waals surface area contributed by atoms with Crippen molar-refractivity contribution in [2.45, 2.75) is 26.6 Å². The summed E-state index contributed by atoms with van der Waals surface area (Å²) < 4.78 is 0. The molecular formula is C22H22BN5O2. The largest absolute Gasteiger partial charge is 0.490 e. The van der Waals surface area contributed by atoms with E-state index < -0.39 is 7.12 Å². The Morgan fingerprint density at radius 3 is 2.67 bits per heavy atom. The smallest absolute Gasteiger partial charge is 0.423 e. The van der Waals surface area contributed by atoms with Crippen molar-refractivity contribution in [2.24, 2.45) is 0 Å². The number of nitrogens with one attached hydrogen (secondary N) is 3. The Hall–Kier alpha value is -3.20. The molecule has 3 heterocycles. The van der Waals surface area contributed by atoms with Crippen LogP contribution in [0.15, 0.2) is 48.5 Å². The monoisotopic (exact) mass is 399 g/mol. The van der Waals surface area contributed by atoms with Crippen molar-refractivity contribution in [2.75, 3.05) is 5.32 Å². The van der Waals surface area contributed by atoms with Gasteiger partial charge in [-0.25, -0.2) is 9.97 Å². The summed E-state index contributed by atoms with van der Waals surface area (Å²) in [6.07, 6.45) is 0. The summed E-state index contributed by atoms with van der Waals surface area (Å²) in [5, 5.41) is 27.2. The van der Waals surface area contributed by atoms with E-state index >= 15 is 0 Å². The molecule has 150 valence electrons. The predicted octanol–water partition coefficient (Wildman–Crippen LogP) is 1.83. The number of rotatable bonds is 5. The van der Waals surface area contributed by atoms with Crippen molar-refractivity contribution in [3.8, 4) is 11.4 Å². The van der Waals surface area contributed by atoms with Crippen molar-refractivity contribution in [3.63, 3.8) is 0 Å². The number of aromatic amines is 1. The number of fused-ring (bicyclic) bond motifs is 2. The van der Waals surface area contributed by atoms with Gasteiger partial charge < -0.3 is 25.7 Å². The van der Waals surface area contributed by atoms with Crippen molar-refractivity contribution < 1.29 is 10.0 Å². The van der Waals surface area contributed by atoms with Crippen LogP contribution in [0.25, 0.3) is 22.3 Å². The average molecular weight is 399 g/mol. The van der Waals surface area contributed by atoms with Crippen LogP contribution in [-0.2, 0) is 19.6 Å². The van der Waals surface area contributed by atoms with E-state index in [9.17, 15) is 10.0 Å². The second-order valence-electron chi connectivity index (χ2n) is 7.53. The van der Waals surface area contributed by atoms with Gasteiger partial charge in [-0.15, -0.1) is 0 Å². The average Bonchev–Trinajstić information content (AvgIpc) is 3.35. The van der Waals surface area contributed by atoms with Crippen LogP contribution < -0.4 is 16.1 Å². The zero-order valence-corrected chi connectivity index (χ0v) is 16.6. The lowest BCUT2D eigenvalue weighted by molar-refractivity contribution is 0.426. The second-order valence-corrected chi connectivity index (χ2v) is 7.53. The second kappa shape index (κ2) is 7.57. The number of H-pyrrole nitrogens is 1. The summed E-state index contributed by atoms with van der Waals surface area (Å²) in [6, 6.07) is 15.7. The highest BCUT2D eigenvalue weighted by molar-refractivity contribution is 6.61. The third-order valence-electron chi connectivity index (χ3n) is 5.55. The van der Waals surface area contributed by atoms with Crippen molar-refractivity contribution >= 4 is 29.3 Å². The summed E-state index contributed by atoms with van der Waals surface area (Å²) in [6.45, 7) is 4.07. The van der Waals surface area contributed by atoms with Gasteiger partial charge in [-0.2, -0.15) is 0 Å². The molecule has 2 aromatic carbocycles. The summed E-state index contributed by atoms with van der Waals surface area (Å²) >= 11 is 0. The number of benzene rings is 2. The van der Waals surface area contributed by atoms with Gasteiger partial charge in [0.05, 0.1) is 5.69 Å². The van der Waals surface area contributed by atoms with Crippen LogP contribution in [0.1, 0.15) is 22.5 Å². The molecule has 0 bridgehead atoms. The standard InChI is InChI=1S/C22H22BN5O2/c1-13-19(15-8-5-9-17(23(29)30)20(15)26-13)22-27-18-12-24-11-16(18)21(28-22)25-10-14-6-3-2-4-7-14/h2-9,24,26,29-30H,10-12H2,1H3,(H,25,27,28). The minimum Gasteiger partial charge on any atom is -0.423 e. The molecule has 0 radical (unpaired) electrons. The van der Waals surface area contributed by atoms with Gasteiger partial charge in [0.15, 0.2) is 5.82 Å². The Bertz CT molecular complexity index is 1220. The molecular weight excluding hydrogens is 377 g/mol. The van der Waals surface area contributed by atoms with E-state index in [1.165, 1.54) is 5.56 Å². The van der Waals surface area contributed by atoms with E-state index in [1.54, 1.807) is 6.07 Å². The van der Waals surface area contributed by atoms with Gasteiger partial charge in [-0.3, -0.25) is 0 Å². The van der Waals surface area contributed by atoms with Crippen LogP contribution in [0.2, 0.25) is 0 Å². The van der Waals surface area contributed by atoms with Gasteiger partial charge in [0.1, 0.15) is 5.82 Å². The molecule has 0 spiro atoms. The first-order valence-electron chi connectivity index (χ1n) is 9.98. The van der Waals surface area contributed by atoms with E-state index in [0.29, 0.717) is 29.9 Å². The van der Waals surface area contributed by atoms with E-state index in [4.69, 9.17) is 9.97 Å². The Morgan fingerprint density at radius 1 is 1.03 bits per heavy atom. The lowest BCUT2D eigenvalue weighted by Gasteiger charge is -2.12. The fraction of sp³-hybridized carbons (Fsp3) is 0.182. The summed E-state index contributed by atoms with van der Waals surface area (Å²) in [5.74, 6) is 1.46. The van der Waals surface area contributed by atoms with Gasteiger partial charge >= 0.3 is 7.12 Å². The zero-order chi connectivity index (χ0) is 20.7. The van der Waals surface area contributed by atoms with E-state index in [0.717, 1.165) is 40.3 Å². The van der Waals surface area contributed by atoms with Crippen LogP contribution in [0.5, 0.6) is 0 Å². The van der Waals surface area contributed by atoms with Crippen LogP contribution in [-0.4, -0.2) is 32.1 Å². The molecule has 0 amide bonds. The number of anilines is 1. The minimum atomic E-state index is -1.55. The molecule has 0 fully saturated rings. The molecule has 4 aromatic rings. The number of hydrogen-bond acceptors (Lipinski definition) is 6. The highest BCUT2D eigenvalue weighted by Crippen LogP contribution is 2.32. The topological polar surface area (TPSA) is 106 Å². The molecule has 0 saturated heterocycles. The van der Waals surface area contributed by atoms with E-state index in [1.807, 2.05) is 37.3 Å². The van der Waals surface area contributed by atoms with Crippen LogP contribution in [0.4, 0.5) is 5.82 Å². The van der Waals surface area contributed by atoms with Crippen molar-refractivity contribution in [1.29, 1.82) is 0 Å². The summed E-state index contributed by atoms with van der Waals surface area (Å²) in [4.78, 5) is 13.0. The molecule has 30 heavy (non-hydrogen) atoms. The normalized spacial score (nSPS) is 12.9. The van der Waals surface area contributed by atoms with Crippen molar-refractivity contribution in [3.05, 3.63) is 71.0 Å². The van der Waals surface area contributed by atoms with Gasteiger partial charge in [-0.1, -0.05) is 48.5 Å². The zero-order valence-electron chi connectivity index (χ0n) is 16.6. The van der Waals surface area contributed by atoms with Crippen molar-refractivity contribution in [1.82, 2.24) is 20.3 Å². The summed E-state index contributed by atoms with van der Waals surface area (Å²) in [7, 11) is -1.55. The number of hydrogen-bond donors (Lipinski definition) is 5. The molecule has 0 aliphatic carbocycles. The lowest BCUT2D eigenvalue weighted by Crippen LogP contribution is -2.30. The fourth-order valence-corrected chi connectivity index (χ4v) is 4.08. The number of nitrogens with zero attached hydrogens (tertiary/aromatic N) is 2. The molecule has 0 saturated carbocycles. The Labute approximate surface area is 174 Å². The van der Waals surface area contributed by atoms with Crippen LogP contribution in [0, 0.1) is 6.92 Å². The predicted molar refractivity (Wildman–Crippen MR) is 118 cm³/mol. The molecule has 1 aliphatic rings. The third-order valence-corrected chi connectivity index (χ3v) is 5.55. The van der Waals surface area contributed by atoms with Gasteiger partial charge in [0.2, 0.25) is 0 Å². The molecule has 0 atom stereocenters. The summed E-state index contributed by atoms with van der Waals surface area (Å²) in [5.41, 5.74) is 6.17. The number of para-hydroxylation sites is 1. The first-order chi connectivity index (χ1) is 14.6. The van der Waals surface area contributed by atoms with Crippen LogP contribution in [0.3, 0.4) is 0 Å². The maximum absolute atomic E-state index is 9.73. The Morgan fingerprint density at radius 2 is 1.87 bits per heavy atom. The van der Waals surface area contributed by atoms with E-state index in [-0.39, 0.29) is 0 Å². The maximum atomic E-state index is 9.73. The fourth-order valence-electron chi connectivity index (χ4n) is 4.08. The first kappa shape index (κ1) is 18.8. The maximum Gasteiger partial charge on any atom is 0.490 e. The SMILES string of the molecule is Cc1[nH]c2c(B(O)O)cccc2c1-c1nc2c(c(NCc3ccccc3)n1)CNC2. The minimum absolute atomic E-state index is 0.437. The highest BCUT2D eigenvalue weighted by atomic mass is 16.4. The third kappa shape index (κ3) is 3.25. The molecule has 8 heteroatoms. The Kier molecular flexibility index (Phi) is 4.74.